The quantitative estimate of drug-likeness (QED) is 0.788. The highest BCUT2D eigenvalue weighted by Gasteiger charge is 2.06. The second kappa shape index (κ2) is 5.13. The van der Waals surface area contributed by atoms with E-state index in [2.05, 4.69) is 25.6 Å². The van der Waals surface area contributed by atoms with Gasteiger partial charge in [-0.15, -0.1) is 0 Å². The Kier molecular flexibility index (Phi) is 3.16. The average Bonchev–Trinajstić information content (AvgIpc) is 2.90. The van der Waals surface area contributed by atoms with Crippen LogP contribution in [0.4, 0.5) is 5.82 Å². The third-order valence-electron chi connectivity index (χ3n) is 3.12. The Morgan fingerprint density at radius 1 is 1.05 bits per heavy atom. The number of nitrogens with two attached hydrogens (primary N) is 1. The Morgan fingerprint density at radius 3 is 2.65 bits per heavy atom. The molecular formula is C15H15N5. The van der Waals surface area contributed by atoms with Crippen molar-refractivity contribution in [2.45, 2.75) is 13.5 Å². The molecule has 0 atom stereocenters. The number of anilines is 1. The van der Waals surface area contributed by atoms with Gasteiger partial charge in [0.15, 0.2) is 0 Å². The molecule has 3 aromatic rings. The average molecular weight is 265 g/mol. The van der Waals surface area contributed by atoms with Gasteiger partial charge >= 0.3 is 0 Å². The van der Waals surface area contributed by atoms with E-state index >= 15 is 0 Å². The highest BCUT2D eigenvalue weighted by atomic mass is 15.0. The summed E-state index contributed by atoms with van der Waals surface area (Å²) in [6, 6.07) is 7.83. The second-order valence-electron chi connectivity index (χ2n) is 4.69. The van der Waals surface area contributed by atoms with Gasteiger partial charge in [0.1, 0.15) is 5.82 Å². The highest BCUT2D eigenvalue weighted by molar-refractivity contribution is 5.59. The van der Waals surface area contributed by atoms with Crippen LogP contribution in [-0.4, -0.2) is 19.5 Å². The minimum absolute atomic E-state index is 0.516. The Labute approximate surface area is 117 Å². The molecule has 0 bridgehead atoms. The molecule has 0 amide bonds. The molecule has 0 spiro atoms. The van der Waals surface area contributed by atoms with Gasteiger partial charge in [0.05, 0.1) is 24.8 Å². The van der Waals surface area contributed by atoms with Crippen LogP contribution < -0.4 is 5.73 Å². The van der Waals surface area contributed by atoms with Gasteiger partial charge in [0, 0.05) is 23.7 Å². The van der Waals surface area contributed by atoms with Crippen LogP contribution in [0, 0.1) is 6.92 Å². The van der Waals surface area contributed by atoms with Crippen molar-refractivity contribution < 1.29 is 0 Å². The largest absolute Gasteiger partial charge is 0.384 e. The summed E-state index contributed by atoms with van der Waals surface area (Å²) >= 11 is 0. The molecule has 3 aromatic heterocycles. The number of pyridine rings is 2. The molecule has 20 heavy (non-hydrogen) atoms. The molecule has 0 unspecified atom stereocenters. The fourth-order valence-electron chi connectivity index (χ4n) is 2.03. The van der Waals surface area contributed by atoms with Crippen LogP contribution in [0.1, 0.15) is 11.3 Å². The number of nitrogens with zero attached hydrogens (tertiary/aromatic N) is 4. The minimum Gasteiger partial charge on any atom is -0.384 e. The first-order chi connectivity index (χ1) is 9.72. The SMILES string of the molecule is Cc1ccc(Cn2cncc2-c2ccc(N)nc2)cn1. The predicted octanol–water partition coefficient (Wildman–Crippen LogP) is 2.28. The molecule has 0 radical (unpaired) electrons. The zero-order valence-corrected chi connectivity index (χ0v) is 11.2. The van der Waals surface area contributed by atoms with Crippen LogP contribution in [-0.2, 0) is 6.54 Å². The zero-order chi connectivity index (χ0) is 13.9. The fraction of sp³-hybridized carbons (Fsp3) is 0.133. The zero-order valence-electron chi connectivity index (χ0n) is 11.2. The number of hydrogen-bond donors (Lipinski definition) is 1. The van der Waals surface area contributed by atoms with E-state index < -0.39 is 0 Å². The van der Waals surface area contributed by atoms with Crippen LogP contribution in [0.3, 0.4) is 0 Å². The van der Waals surface area contributed by atoms with Gasteiger partial charge in [-0.2, -0.15) is 0 Å². The monoisotopic (exact) mass is 265 g/mol. The maximum atomic E-state index is 5.61. The van der Waals surface area contributed by atoms with E-state index in [9.17, 15) is 0 Å². The van der Waals surface area contributed by atoms with Crippen molar-refractivity contribution >= 4 is 5.82 Å². The molecule has 0 aliphatic carbocycles. The maximum absolute atomic E-state index is 5.61. The maximum Gasteiger partial charge on any atom is 0.123 e. The van der Waals surface area contributed by atoms with Crippen molar-refractivity contribution in [2.24, 2.45) is 0 Å². The third-order valence-corrected chi connectivity index (χ3v) is 3.12. The summed E-state index contributed by atoms with van der Waals surface area (Å²) < 4.78 is 2.07. The van der Waals surface area contributed by atoms with Crippen LogP contribution in [0.15, 0.2) is 49.2 Å². The first-order valence-corrected chi connectivity index (χ1v) is 6.36. The number of imidazole rings is 1. The van der Waals surface area contributed by atoms with Gasteiger partial charge in [-0.3, -0.25) is 4.98 Å². The molecule has 0 saturated carbocycles. The van der Waals surface area contributed by atoms with E-state index in [1.165, 1.54) is 0 Å². The van der Waals surface area contributed by atoms with Crippen LogP contribution in [0.5, 0.6) is 0 Å². The lowest BCUT2D eigenvalue weighted by Crippen LogP contribution is -2.01. The topological polar surface area (TPSA) is 69.6 Å². The minimum atomic E-state index is 0.516. The van der Waals surface area contributed by atoms with Gasteiger partial charge in [-0.1, -0.05) is 6.07 Å². The van der Waals surface area contributed by atoms with Crippen molar-refractivity contribution in [1.29, 1.82) is 0 Å². The summed E-state index contributed by atoms with van der Waals surface area (Å²) in [6.07, 6.45) is 7.29. The summed E-state index contributed by atoms with van der Waals surface area (Å²) in [6.45, 7) is 2.71. The van der Waals surface area contributed by atoms with Crippen LogP contribution in [0.2, 0.25) is 0 Å². The van der Waals surface area contributed by atoms with E-state index in [0.717, 1.165) is 29.1 Å². The number of rotatable bonds is 3. The molecule has 0 saturated heterocycles. The molecule has 0 fully saturated rings. The molecule has 2 N–H and O–H groups in total. The Balaban J connectivity index is 1.90. The van der Waals surface area contributed by atoms with E-state index in [4.69, 9.17) is 5.73 Å². The summed E-state index contributed by atoms with van der Waals surface area (Å²) in [5.74, 6) is 0.516. The van der Waals surface area contributed by atoms with E-state index in [1.807, 2.05) is 37.8 Å². The fourth-order valence-corrected chi connectivity index (χ4v) is 2.03. The number of hydrogen-bond acceptors (Lipinski definition) is 4. The molecule has 0 aliphatic heterocycles. The van der Waals surface area contributed by atoms with Crippen molar-refractivity contribution in [1.82, 2.24) is 19.5 Å². The van der Waals surface area contributed by atoms with E-state index in [0.29, 0.717) is 5.82 Å². The summed E-state index contributed by atoms with van der Waals surface area (Å²) in [5.41, 5.74) is 9.78. The smallest absolute Gasteiger partial charge is 0.123 e. The molecule has 5 nitrogen and oxygen atoms in total. The molecule has 3 heterocycles. The highest BCUT2D eigenvalue weighted by Crippen LogP contribution is 2.19. The third kappa shape index (κ3) is 2.51. The number of aromatic nitrogens is 4. The summed E-state index contributed by atoms with van der Waals surface area (Å²) in [4.78, 5) is 12.6. The summed E-state index contributed by atoms with van der Waals surface area (Å²) in [7, 11) is 0. The van der Waals surface area contributed by atoms with Gasteiger partial charge in [-0.05, 0) is 30.7 Å². The molecule has 0 aliphatic rings. The van der Waals surface area contributed by atoms with E-state index in [-0.39, 0.29) is 0 Å². The Hall–Kier alpha value is -2.69. The number of nitrogen functional groups attached to an aromatic ring is 1. The molecule has 5 heteroatoms. The van der Waals surface area contributed by atoms with Crippen molar-refractivity contribution in [3.8, 4) is 11.3 Å². The van der Waals surface area contributed by atoms with Gasteiger partial charge in [0.25, 0.3) is 0 Å². The predicted molar refractivity (Wildman–Crippen MR) is 77.9 cm³/mol. The van der Waals surface area contributed by atoms with E-state index in [1.54, 1.807) is 12.3 Å². The molecule has 0 aromatic carbocycles. The van der Waals surface area contributed by atoms with Gasteiger partial charge in [-0.25, -0.2) is 9.97 Å². The summed E-state index contributed by atoms with van der Waals surface area (Å²) in [5, 5.41) is 0. The lowest BCUT2D eigenvalue weighted by molar-refractivity contribution is 0.799. The first-order valence-electron chi connectivity index (χ1n) is 6.36. The first kappa shape index (κ1) is 12.3. The standard InChI is InChI=1S/C15H15N5/c1-11-2-3-12(6-18-11)9-20-10-17-8-14(20)13-4-5-15(16)19-7-13/h2-8,10H,9H2,1H3,(H2,16,19). The normalized spacial score (nSPS) is 10.7. The lowest BCUT2D eigenvalue weighted by atomic mass is 10.2. The van der Waals surface area contributed by atoms with Crippen molar-refractivity contribution in [3.63, 3.8) is 0 Å². The number of aryl methyl sites for hydroxylation is 1. The van der Waals surface area contributed by atoms with Crippen LogP contribution in [0.25, 0.3) is 11.3 Å². The van der Waals surface area contributed by atoms with Crippen molar-refractivity contribution in [3.05, 3.63) is 60.4 Å². The Morgan fingerprint density at radius 2 is 1.95 bits per heavy atom. The second-order valence-corrected chi connectivity index (χ2v) is 4.69. The molecular weight excluding hydrogens is 250 g/mol. The molecule has 100 valence electrons. The van der Waals surface area contributed by atoms with Gasteiger partial charge < -0.3 is 10.3 Å². The molecule has 3 rings (SSSR count). The van der Waals surface area contributed by atoms with Gasteiger partial charge in [0.2, 0.25) is 0 Å². The van der Waals surface area contributed by atoms with Crippen LogP contribution >= 0.6 is 0 Å². The Bertz CT molecular complexity index is 698. The lowest BCUT2D eigenvalue weighted by Gasteiger charge is -2.08. The van der Waals surface area contributed by atoms with Crippen molar-refractivity contribution in [2.75, 3.05) is 5.73 Å².